The van der Waals surface area contributed by atoms with Crippen molar-refractivity contribution in [2.24, 2.45) is 0 Å². The fourth-order valence-electron chi connectivity index (χ4n) is 6.03. The molecule has 22 heteroatoms. The molecule has 8 N–H and O–H groups in total. The molecule has 0 saturated carbocycles. The summed E-state index contributed by atoms with van der Waals surface area (Å²) in [6.07, 6.45) is -8.20. The second kappa shape index (κ2) is 15.3. The van der Waals surface area contributed by atoms with Gasteiger partial charge < -0.3 is 50.7 Å². The lowest BCUT2D eigenvalue weighted by molar-refractivity contribution is -0.131. The Hall–Kier alpha value is -4.41. The number of aromatic nitrogens is 6. The Labute approximate surface area is 294 Å². The van der Waals surface area contributed by atoms with Gasteiger partial charge in [-0.1, -0.05) is 30.3 Å². The Morgan fingerprint density at radius 2 is 1.79 bits per heavy atom. The molecule has 2 saturated heterocycles. The molecule has 1 aromatic carbocycles. The molecule has 280 valence electrons. The minimum atomic E-state index is -5.14. The third-order valence-corrected chi connectivity index (χ3v) is 9.55. The number of rotatable bonds is 13. The first-order valence-corrected chi connectivity index (χ1v) is 17.4. The SMILES string of the molecule is CN(C)c1ncnc2c1ncn2[C@@H]1O[C@H](COP(=O)(O)O[C@H]2[C@@H](O)[C@H](n3ccc(N)nc3=O)O[C@@H]2CO)[C@@H](NC(=O)[C@@H](O)Cc2ccccc2)[C@H]1O. The highest BCUT2D eigenvalue weighted by molar-refractivity contribution is 7.47. The van der Waals surface area contributed by atoms with E-state index in [2.05, 4.69) is 25.3 Å². The summed E-state index contributed by atoms with van der Waals surface area (Å²) in [7, 11) is -1.63. The normalized spacial score (nSPS) is 27.8. The monoisotopic (exact) mass is 747 g/mol. The van der Waals surface area contributed by atoms with Crippen LogP contribution in [0.5, 0.6) is 0 Å². The number of imidazole rings is 1. The molecule has 3 aromatic heterocycles. The van der Waals surface area contributed by atoms with Crippen LogP contribution in [0.25, 0.3) is 11.2 Å². The van der Waals surface area contributed by atoms with Crippen molar-refractivity contribution >= 4 is 36.5 Å². The summed E-state index contributed by atoms with van der Waals surface area (Å²) in [4.78, 5) is 54.5. The molecule has 0 aliphatic carbocycles. The summed E-state index contributed by atoms with van der Waals surface area (Å²) in [5.74, 6) is -0.487. The van der Waals surface area contributed by atoms with Crippen LogP contribution in [0.15, 0.2) is 60.0 Å². The molecule has 21 nitrogen and oxygen atoms in total. The molecule has 6 rings (SSSR count). The van der Waals surface area contributed by atoms with Crippen LogP contribution in [0, 0.1) is 0 Å². The molecule has 0 radical (unpaired) electrons. The van der Waals surface area contributed by atoms with E-state index >= 15 is 0 Å². The van der Waals surface area contributed by atoms with Crippen molar-refractivity contribution in [1.82, 2.24) is 34.4 Å². The van der Waals surface area contributed by atoms with Gasteiger partial charge in [0.05, 0.1) is 25.6 Å². The Balaban J connectivity index is 1.21. The number of anilines is 2. The number of aliphatic hydroxyl groups excluding tert-OH is 4. The Morgan fingerprint density at radius 3 is 2.48 bits per heavy atom. The van der Waals surface area contributed by atoms with Crippen molar-refractivity contribution in [2.45, 2.75) is 61.5 Å². The van der Waals surface area contributed by atoms with Gasteiger partial charge in [0.1, 0.15) is 48.8 Å². The molecule has 4 aromatic rings. The number of nitrogens with two attached hydrogens (primary N) is 1. The molecule has 52 heavy (non-hydrogen) atoms. The number of amides is 1. The van der Waals surface area contributed by atoms with Gasteiger partial charge in [-0.15, -0.1) is 0 Å². The zero-order valence-corrected chi connectivity index (χ0v) is 28.7. The summed E-state index contributed by atoms with van der Waals surface area (Å²) >= 11 is 0. The van der Waals surface area contributed by atoms with Crippen LogP contribution in [-0.2, 0) is 34.3 Å². The molecule has 10 atom stereocenters. The fourth-order valence-corrected chi connectivity index (χ4v) is 7.00. The number of ether oxygens (including phenoxy) is 2. The van der Waals surface area contributed by atoms with Crippen LogP contribution in [0.4, 0.5) is 11.6 Å². The number of carbonyl (C=O) groups excluding carboxylic acids is 1. The van der Waals surface area contributed by atoms with E-state index < -0.39 is 87.8 Å². The van der Waals surface area contributed by atoms with Gasteiger partial charge in [0.25, 0.3) is 0 Å². The number of fused-ring (bicyclic) bond motifs is 1. The van der Waals surface area contributed by atoms with E-state index in [1.165, 1.54) is 29.5 Å². The average molecular weight is 748 g/mol. The topological polar surface area (TPSA) is 292 Å². The number of benzene rings is 1. The van der Waals surface area contributed by atoms with Crippen molar-refractivity contribution in [1.29, 1.82) is 0 Å². The van der Waals surface area contributed by atoms with Crippen LogP contribution in [0.3, 0.4) is 0 Å². The molecule has 1 amide bonds. The highest BCUT2D eigenvalue weighted by Gasteiger charge is 2.51. The van der Waals surface area contributed by atoms with Gasteiger partial charge in [0, 0.05) is 26.7 Å². The van der Waals surface area contributed by atoms with E-state index in [4.69, 9.17) is 24.3 Å². The van der Waals surface area contributed by atoms with Gasteiger partial charge in [-0.05, 0) is 11.6 Å². The summed E-state index contributed by atoms with van der Waals surface area (Å²) < 4.78 is 37.7. The van der Waals surface area contributed by atoms with E-state index in [-0.39, 0.29) is 17.9 Å². The maximum absolute atomic E-state index is 13.3. The molecule has 1 unspecified atom stereocenters. The lowest BCUT2D eigenvalue weighted by Gasteiger charge is -2.25. The van der Waals surface area contributed by atoms with Crippen molar-refractivity contribution in [3.8, 4) is 0 Å². The van der Waals surface area contributed by atoms with Gasteiger partial charge in [0.2, 0.25) is 5.91 Å². The minimum Gasteiger partial charge on any atom is -0.394 e. The number of aliphatic hydroxyl groups is 4. The molecular weight excluding hydrogens is 709 g/mol. The van der Waals surface area contributed by atoms with Crippen molar-refractivity contribution in [3.63, 3.8) is 0 Å². The molecule has 2 fully saturated rings. The van der Waals surface area contributed by atoms with E-state index in [1.54, 1.807) is 49.3 Å². The van der Waals surface area contributed by atoms with Crippen LogP contribution in [0.2, 0.25) is 0 Å². The lowest BCUT2D eigenvalue weighted by atomic mass is 10.0. The second-order valence-corrected chi connectivity index (χ2v) is 13.7. The van der Waals surface area contributed by atoms with Gasteiger partial charge in [-0.2, -0.15) is 4.98 Å². The number of phosphoric ester groups is 1. The number of nitrogens with zero attached hydrogens (tertiary/aromatic N) is 7. The van der Waals surface area contributed by atoms with Crippen LogP contribution in [0.1, 0.15) is 18.0 Å². The quantitative estimate of drug-likeness (QED) is 0.0716. The highest BCUT2D eigenvalue weighted by Crippen LogP contribution is 2.49. The average Bonchev–Trinajstić information content (AvgIpc) is 3.77. The third-order valence-electron chi connectivity index (χ3n) is 8.57. The molecule has 5 heterocycles. The Morgan fingerprint density at radius 1 is 1.08 bits per heavy atom. The summed E-state index contributed by atoms with van der Waals surface area (Å²) in [6, 6.07) is 8.67. The van der Waals surface area contributed by atoms with Crippen molar-refractivity contribution < 1.29 is 53.2 Å². The van der Waals surface area contributed by atoms with Gasteiger partial charge in [-0.25, -0.2) is 24.3 Å². The first-order valence-electron chi connectivity index (χ1n) is 15.9. The first kappa shape index (κ1) is 37.4. The Bertz CT molecular complexity index is 1980. The summed E-state index contributed by atoms with van der Waals surface area (Å²) in [5, 5.41) is 45.6. The molecule has 2 aliphatic rings. The van der Waals surface area contributed by atoms with E-state index in [1.807, 2.05) is 0 Å². The summed E-state index contributed by atoms with van der Waals surface area (Å²) in [6.45, 7) is -1.56. The molecule has 0 spiro atoms. The third kappa shape index (κ3) is 7.69. The van der Waals surface area contributed by atoms with Gasteiger partial charge in [-0.3, -0.25) is 23.0 Å². The van der Waals surface area contributed by atoms with Gasteiger partial charge in [0.15, 0.2) is 29.4 Å². The van der Waals surface area contributed by atoms with E-state index in [0.29, 0.717) is 16.9 Å². The number of nitrogen functional groups attached to an aromatic ring is 1. The second-order valence-electron chi connectivity index (χ2n) is 12.3. The number of hydrogen-bond acceptors (Lipinski definition) is 17. The number of hydrogen-bond donors (Lipinski definition) is 7. The number of phosphoric acid groups is 1. The van der Waals surface area contributed by atoms with Crippen molar-refractivity contribution in [3.05, 3.63) is 71.3 Å². The molecule has 2 aliphatic heterocycles. The lowest BCUT2D eigenvalue weighted by Crippen LogP contribution is -2.51. The fraction of sp³-hybridized carbons (Fsp3) is 0.467. The number of carbonyl (C=O) groups is 1. The smallest absolute Gasteiger partial charge is 0.394 e. The van der Waals surface area contributed by atoms with Gasteiger partial charge >= 0.3 is 13.5 Å². The highest BCUT2D eigenvalue weighted by atomic mass is 31.2. The summed E-state index contributed by atoms with van der Waals surface area (Å²) in [5.41, 5.74) is 5.95. The standard InChI is InChI=1S/C30H38N9O12P/c1-37(2)25-21-26(33-13-32-25)39(14-34-21)28-22(42)20(36-27(44)16(41)10-15-6-4-3-5-7-15)18(50-28)12-48-52(46,47)51-24-17(11-40)49-29(23(24)43)38-9-8-19(31)35-30(38)45/h3-9,13-14,16-18,20,22-24,28-29,40-43H,10-12H2,1-2H3,(H,36,44)(H,46,47)(H2,31,35,45)/t16-,17+,18+,20+,22+,23+,24+,28+,29+/m0/s1. The maximum Gasteiger partial charge on any atom is 0.472 e. The van der Waals surface area contributed by atoms with Crippen LogP contribution >= 0.6 is 7.82 Å². The predicted molar refractivity (Wildman–Crippen MR) is 178 cm³/mol. The number of nitrogens with one attached hydrogen (secondary N) is 1. The Kier molecular flexibility index (Phi) is 11.0. The zero-order valence-electron chi connectivity index (χ0n) is 27.8. The van der Waals surface area contributed by atoms with Crippen molar-refractivity contribution in [2.75, 3.05) is 37.9 Å². The predicted octanol–water partition coefficient (Wildman–Crippen LogP) is -2.17. The van der Waals surface area contributed by atoms with Crippen LogP contribution in [-0.4, -0.2) is 130 Å². The van der Waals surface area contributed by atoms with E-state index in [9.17, 15) is 39.5 Å². The minimum absolute atomic E-state index is 0.0473. The maximum atomic E-state index is 13.3. The molecular formula is C30H38N9O12P. The molecule has 0 bridgehead atoms. The largest absolute Gasteiger partial charge is 0.472 e. The zero-order chi connectivity index (χ0) is 37.3. The van der Waals surface area contributed by atoms with E-state index in [0.717, 1.165) is 4.57 Å². The van der Waals surface area contributed by atoms with Crippen LogP contribution < -0.4 is 21.6 Å². The first-order chi connectivity index (χ1) is 24.8.